The first-order valence-electron chi connectivity index (χ1n) is 11.0. The van der Waals surface area contributed by atoms with Gasteiger partial charge >= 0.3 is 5.97 Å². The summed E-state index contributed by atoms with van der Waals surface area (Å²) in [5.74, 6) is -0.377. The van der Waals surface area contributed by atoms with E-state index < -0.39 is 5.92 Å². The van der Waals surface area contributed by atoms with Crippen molar-refractivity contribution in [3.63, 3.8) is 0 Å². The summed E-state index contributed by atoms with van der Waals surface area (Å²) >= 11 is 0. The van der Waals surface area contributed by atoms with Gasteiger partial charge in [0.2, 0.25) is 0 Å². The topological polar surface area (TPSA) is 55.4 Å². The van der Waals surface area contributed by atoms with Crippen molar-refractivity contribution in [3.8, 4) is 11.1 Å². The van der Waals surface area contributed by atoms with Gasteiger partial charge in [-0.05, 0) is 42.4 Å². The number of carbonyl (C=O) groups is 2. The summed E-state index contributed by atoms with van der Waals surface area (Å²) < 4.78 is 5.60. The molecule has 0 fully saturated rings. The molecular weight excluding hydrogens is 386 g/mol. The van der Waals surface area contributed by atoms with Crippen LogP contribution in [-0.2, 0) is 14.3 Å². The summed E-state index contributed by atoms with van der Waals surface area (Å²) in [7, 11) is 0. The van der Waals surface area contributed by atoms with Crippen LogP contribution >= 0.6 is 0 Å². The Morgan fingerprint density at radius 3 is 2.39 bits per heavy atom. The third-order valence-corrected chi connectivity index (χ3v) is 5.89. The van der Waals surface area contributed by atoms with Gasteiger partial charge in [-0.25, -0.2) is 4.79 Å². The third-order valence-electron chi connectivity index (χ3n) is 5.89. The van der Waals surface area contributed by atoms with Gasteiger partial charge in [0.05, 0.1) is 12.2 Å². The van der Waals surface area contributed by atoms with E-state index in [2.05, 4.69) is 29.6 Å². The standard InChI is InChI=1S/C27H29NO3/c1-17(2)16-31-27(30)24-18(3)28-22-10-7-11-23(29)26(22)25(24)21-14-12-20(13-15-21)19-8-5-4-6-9-19/h4-6,8-9,12-15,17,25,28H,7,10-11,16H2,1-3H3/t25-/m0/s1. The number of esters is 1. The first-order valence-corrected chi connectivity index (χ1v) is 11.0. The minimum atomic E-state index is -0.395. The number of carbonyl (C=O) groups excluding carboxylic acids is 2. The number of rotatable bonds is 5. The molecule has 0 spiro atoms. The number of ketones is 1. The summed E-state index contributed by atoms with van der Waals surface area (Å²) in [4.78, 5) is 26.1. The molecule has 31 heavy (non-hydrogen) atoms. The van der Waals surface area contributed by atoms with E-state index in [1.54, 1.807) is 0 Å². The average molecular weight is 416 g/mol. The molecule has 4 nitrogen and oxygen atoms in total. The van der Waals surface area contributed by atoms with Gasteiger partial charge in [0, 0.05) is 29.3 Å². The van der Waals surface area contributed by atoms with Crippen molar-refractivity contribution in [3.05, 3.63) is 82.7 Å². The van der Waals surface area contributed by atoms with Gasteiger partial charge < -0.3 is 10.1 Å². The molecule has 2 aromatic carbocycles. The Kier molecular flexibility index (Phi) is 6.08. The normalized spacial score (nSPS) is 18.7. The zero-order chi connectivity index (χ0) is 22.0. The number of benzene rings is 2. The lowest BCUT2D eigenvalue weighted by molar-refractivity contribution is -0.140. The molecule has 160 valence electrons. The smallest absolute Gasteiger partial charge is 0.336 e. The molecule has 1 aliphatic carbocycles. The molecule has 1 heterocycles. The molecular formula is C27H29NO3. The van der Waals surface area contributed by atoms with E-state index in [9.17, 15) is 9.59 Å². The van der Waals surface area contributed by atoms with Crippen molar-refractivity contribution in [2.45, 2.75) is 46.0 Å². The molecule has 2 aromatic rings. The Labute approximate surface area is 184 Å². The van der Waals surface area contributed by atoms with Gasteiger partial charge in [-0.1, -0.05) is 68.4 Å². The van der Waals surface area contributed by atoms with Crippen LogP contribution in [0.25, 0.3) is 11.1 Å². The quantitative estimate of drug-likeness (QED) is 0.653. The lowest BCUT2D eigenvalue weighted by Gasteiger charge is -2.34. The molecule has 4 heteroatoms. The first-order chi connectivity index (χ1) is 15.0. The minimum absolute atomic E-state index is 0.118. The molecule has 0 saturated heterocycles. The number of Topliss-reactive ketones (excluding diaryl/α,β-unsaturated/α-hetero) is 1. The van der Waals surface area contributed by atoms with Crippen LogP contribution in [0.15, 0.2) is 77.1 Å². The van der Waals surface area contributed by atoms with Crippen LogP contribution in [-0.4, -0.2) is 18.4 Å². The van der Waals surface area contributed by atoms with Crippen LogP contribution in [0, 0.1) is 5.92 Å². The zero-order valence-corrected chi connectivity index (χ0v) is 18.4. The molecule has 0 saturated carbocycles. The highest BCUT2D eigenvalue weighted by Crippen LogP contribution is 2.42. The number of allylic oxidation sites excluding steroid dienone is 3. The summed E-state index contributed by atoms with van der Waals surface area (Å²) in [6.45, 7) is 6.28. The SMILES string of the molecule is CC1=C(C(=O)OCC(C)C)[C@H](c2ccc(-c3ccccc3)cc2)C2=C(CCCC2=O)N1. The summed E-state index contributed by atoms with van der Waals surface area (Å²) in [6.07, 6.45) is 2.18. The van der Waals surface area contributed by atoms with E-state index >= 15 is 0 Å². The molecule has 0 aromatic heterocycles. The van der Waals surface area contributed by atoms with Crippen molar-refractivity contribution in [1.29, 1.82) is 0 Å². The Bertz CT molecular complexity index is 1050. The lowest BCUT2D eigenvalue weighted by atomic mass is 9.75. The van der Waals surface area contributed by atoms with Crippen LogP contribution in [0.4, 0.5) is 0 Å². The van der Waals surface area contributed by atoms with Gasteiger partial charge in [-0.3, -0.25) is 4.79 Å². The highest BCUT2D eigenvalue weighted by Gasteiger charge is 2.39. The van der Waals surface area contributed by atoms with E-state index in [-0.39, 0.29) is 17.7 Å². The van der Waals surface area contributed by atoms with Crippen LogP contribution in [0.3, 0.4) is 0 Å². The Balaban J connectivity index is 1.75. The van der Waals surface area contributed by atoms with Crippen LogP contribution in [0.1, 0.15) is 51.5 Å². The highest BCUT2D eigenvalue weighted by molar-refractivity contribution is 6.03. The largest absolute Gasteiger partial charge is 0.462 e. The van der Waals surface area contributed by atoms with Gasteiger partial charge in [0.25, 0.3) is 0 Å². The number of hydrogen-bond donors (Lipinski definition) is 1. The molecule has 1 aliphatic heterocycles. The fourth-order valence-electron chi connectivity index (χ4n) is 4.41. The number of nitrogens with one attached hydrogen (secondary N) is 1. The second-order valence-corrected chi connectivity index (χ2v) is 8.75. The van der Waals surface area contributed by atoms with E-state index in [4.69, 9.17) is 4.74 Å². The van der Waals surface area contributed by atoms with Crippen molar-refractivity contribution in [2.24, 2.45) is 5.92 Å². The summed E-state index contributed by atoms with van der Waals surface area (Å²) in [5.41, 5.74) is 6.18. The molecule has 1 atom stereocenters. The van der Waals surface area contributed by atoms with Crippen molar-refractivity contribution < 1.29 is 14.3 Å². The van der Waals surface area contributed by atoms with Crippen molar-refractivity contribution in [1.82, 2.24) is 5.32 Å². The third kappa shape index (κ3) is 4.34. The van der Waals surface area contributed by atoms with Crippen LogP contribution in [0.2, 0.25) is 0 Å². The maximum Gasteiger partial charge on any atom is 0.336 e. The number of hydrogen-bond acceptors (Lipinski definition) is 4. The Morgan fingerprint density at radius 2 is 1.71 bits per heavy atom. The van der Waals surface area contributed by atoms with E-state index in [0.717, 1.165) is 46.5 Å². The van der Waals surface area contributed by atoms with E-state index in [0.29, 0.717) is 18.6 Å². The first kappa shape index (κ1) is 21.1. The lowest BCUT2D eigenvalue weighted by Crippen LogP contribution is -2.34. The number of dihydropyridines is 1. The van der Waals surface area contributed by atoms with Crippen molar-refractivity contribution in [2.75, 3.05) is 6.61 Å². The van der Waals surface area contributed by atoms with Gasteiger partial charge in [-0.15, -0.1) is 0 Å². The second-order valence-electron chi connectivity index (χ2n) is 8.75. The average Bonchev–Trinajstić information content (AvgIpc) is 2.77. The van der Waals surface area contributed by atoms with Crippen molar-refractivity contribution >= 4 is 11.8 Å². The van der Waals surface area contributed by atoms with Gasteiger partial charge in [-0.2, -0.15) is 0 Å². The minimum Gasteiger partial charge on any atom is -0.462 e. The highest BCUT2D eigenvalue weighted by atomic mass is 16.5. The van der Waals surface area contributed by atoms with E-state index in [1.807, 2.05) is 51.1 Å². The van der Waals surface area contributed by atoms with Crippen LogP contribution < -0.4 is 5.32 Å². The van der Waals surface area contributed by atoms with Crippen LogP contribution in [0.5, 0.6) is 0 Å². The predicted octanol–water partition coefficient (Wildman–Crippen LogP) is 5.52. The fourth-order valence-corrected chi connectivity index (χ4v) is 4.41. The summed E-state index contributed by atoms with van der Waals surface area (Å²) in [6, 6.07) is 18.4. The maximum absolute atomic E-state index is 13.1. The van der Waals surface area contributed by atoms with E-state index in [1.165, 1.54) is 0 Å². The Morgan fingerprint density at radius 1 is 1.03 bits per heavy atom. The van der Waals surface area contributed by atoms with Gasteiger partial charge in [0.1, 0.15) is 0 Å². The van der Waals surface area contributed by atoms with Gasteiger partial charge in [0.15, 0.2) is 5.78 Å². The summed E-state index contributed by atoms with van der Waals surface area (Å²) in [5, 5.41) is 3.34. The Hall–Kier alpha value is -3.14. The second kappa shape index (κ2) is 8.93. The molecule has 0 amide bonds. The predicted molar refractivity (Wildman–Crippen MR) is 122 cm³/mol. The molecule has 1 N–H and O–H groups in total. The zero-order valence-electron chi connectivity index (χ0n) is 18.4. The maximum atomic E-state index is 13.1. The molecule has 0 bridgehead atoms. The molecule has 0 radical (unpaired) electrons. The number of ether oxygens (including phenoxy) is 1. The molecule has 4 rings (SSSR count). The molecule has 2 aliphatic rings. The fraction of sp³-hybridized carbons (Fsp3) is 0.333. The monoisotopic (exact) mass is 415 g/mol. The molecule has 0 unspecified atom stereocenters.